The number of rotatable bonds is 34. The van der Waals surface area contributed by atoms with Crippen LogP contribution in [0.4, 0.5) is 0 Å². The number of ether oxygens (including phenoxy) is 3. The zero-order valence-corrected chi connectivity index (χ0v) is 33.1. The number of hydrogen-bond donors (Lipinski definition) is 0. The molecule has 4 atom stereocenters. The van der Waals surface area contributed by atoms with Gasteiger partial charge in [-0.25, -0.2) is 0 Å². The molecule has 52 heavy (non-hydrogen) atoms. The molecule has 3 aliphatic heterocycles. The highest BCUT2D eigenvalue weighted by Crippen LogP contribution is 2.45. The van der Waals surface area contributed by atoms with Gasteiger partial charge in [-0.2, -0.15) is 0 Å². The summed E-state index contributed by atoms with van der Waals surface area (Å²) < 4.78 is 16.8. The summed E-state index contributed by atoms with van der Waals surface area (Å²) in [5, 5.41) is 0. The fraction of sp³-hybridized carbons (Fsp3) is 0.860. The summed E-state index contributed by atoms with van der Waals surface area (Å²) in [7, 11) is 0. The third-order valence-electron chi connectivity index (χ3n) is 11.2. The van der Waals surface area contributed by atoms with E-state index in [1.807, 2.05) is 17.1 Å². The minimum absolute atomic E-state index is 0.0269. The SMILES string of the molecule is CCCCCCCCCCCCCCN(CCOCCOC(=O)CCN1C(=O)C2C3C=CC(O3)C2C1=O)C(=O)CCCCCCCCCCCCC. The first kappa shape index (κ1) is 44.1. The van der Waals surface area contributed by atoms with Crippen molar-refractivity contribution >= 4 is 23.7 Å². The zero-order valence-electron chi connectivity index (χ0n) is 33.1. The maximum Gasteiger partial charge on any atom is 0.307 e. The van der Waals surface area contributed by atoms with E-state index in [2.05, 4.69) is 13.8 Å². The Bertz CT molecular complexity index is 1020. The topological polar surface area (TPSA) is 102 Å². The van der Waals surface area contributed by atoms with Gasteiger partial charge in [0.2, 0.25) is 17.7 Å². The molecule has 3 aliphatic rings. The summed E-state index contributed by atoms with van der Waals surface area (Å²) in [6, 6.07) is 0. The molecule has 2 fully saturated rings. The number of likely N-dealkylation sites (tertiary alicyclic amines) is 1. The van der Waals surface area contributed by atoms with Gasteiger partial charge in [-0.05, 0) is 12.8 Å². The normalized spacial score (nSPS) is 20.3. The van der Waals surface area contributed by atoms with Gasteiger partial charge in [-0.3, -0.25) is 24.1 Å². The van der Waals surface area contributed by atoms with E-state index in [-0.39, 0.29) is 56.1 Å². The predicted octanol–water partition coefficient (Wildman–Crippen LogP) is 9.11. The first-order valence-electron chi connectivity index (χ1n) is 21.7. The highest BCUT2D eigenvalue weighted by Gasteiger charge is 2.60. The molecule has 0 N–H and O–H groups in total. The van der Waals surface area contributed by atoms with Crippen LogP contribution in [0.2, 0.25) is 0 Å². The van der Waals surface area contributed by atoms with Crippen molar-refractivity contribution in [3.8, 4) is 0 Å². The van der Waals surface area contributed by atoms with E-state index in [1.165, 1.54) is 127 Å². The molecule has 9 nitrogen and oxygen atoms in total. The second kappa shape index (κ2) is 27.3. The Hall–Kier alpha value is -2.26. The third kappa shape index (κ3) is 16.4. The van der Waals surface area contributed by atoms with Gasteiger partial charge < -0.3 is 19.1 Å². The third-order valence-corrected chi connectivity index (χ3v) is 11.2. The number of esters is 1. The molecule has 2 bridgehead atoms. The summed E-state index contributed by atoms with van der Waals surface area (Å²) >= 11 is 0. The van der Waals surface area contributed by atoms with Crippen molar-refractivity contribution in [1.82, 2.24) is 9.80 Å². The first-order chi connectivity index (χ1) is 25.5. The van der Waals surface area contributed by atoms with Gasteiger partial charge in [0.25, 0.3) is 0 Å². The van der Waals surface area contributed by atoms with Gasteiger partial charge in [0.15, 0.2) is 0 Å². The molecule has 0 aromatic carbocycles. The number of carbonyl (C=O) groups excluding carboxylic acids is 4. The number of hydrogen-bond acceptors (Lipinski definition) is 7. The molecular formula is C43H74N2O7. The molecule has 0 radical (unpaired) electrons. The van der Waals surface area contributed by atoms with Crippen molar-refractivity contribution in [1.29, 1.82) is 0 Å². The Morgan fingerprint density at radius 3 is 1.56 bits per heavy atom. The van der Waals surface area contributed by atoms with Crippen molar-refractivity contribution in [2.45, 2.75) is 187 Å². The number of amides is 3. The second-order valence-corrected chi connectivity index (χ2v) is 15.5. The Morgan fingerprint density at radius 2 is 1.06 bits per heavy atom. The summed E-state index contributed by atoms with van der Waals surface area (Å²) in [4.78, 5) is 54.3. The van der Waals surface area contributed by atoms with Gasteiger partial charge in [0, 0.05) is 26.1 Å². The lowest BCUT2D eigenvalue weighted by Gasteiger charge is -2.23. The van der Waals surface area contributed by atoms with Gasteiger partial charge in [0.1, 0.15) is 6.61 Å². The molecule has 3 rings (SSSR count). The lowest BCUT2D eigenvalue weighted by atomic mass is 9.85. The van der Waals surface area contributed by atoms with Crippen molar-refractivity contribution in [3.05, 3.63) is 12.2 Å². The lowest BCUT2D eigenvalue weighted by molar-refractivity contribution is -0.147. The van der Waals surface area contributed by atoms with E-state index in [4.69, 9.17) is 14.2 Å². The van der Waals surface area contributed by atoms with Crippen molar-refractivity contribution in [2.24, 2.45) is 11.8 Å². The van der Waals surface area contributed by atoms with Gasteiger partial charge in [-0.1, -0.05) is 161 Å². The van der Waals surface area contributed by atoms with E-state index in [0.717, 1.165) is 32.2 Å². The highest BCUT2D eigenvalue weighted by atomic mass is 16.6. The fourth-order valence-electron chi connectivity index (χ4n) is 7.96. The largest absolute Gasteiger partial charge is 0.463 e. The summed E-state index contributed by atoms with van der Waals surface area (Å²) in [5.41, 5.74) is 0. The van der Waals surface area contributed by atoms with Crippen LogP contribution in [-0.4, -0.2) is 85.2 Å². The molecule has 3 heterocycles. The smallest absolute Gasteiger partial charge is 0.307 e. The highest BCUT2D eigenvalue weighted by molar-refractivity contribution is 6.06. The van der Waals surface area contributed by atoms with Crippen LogP contribution in [0.15, 0.2) is 12.2 Å². The van der Waals surface area contributed by atoms with E-state index in [1.54, 1.807) is 0 Å². The predicted molar refractivity (Wildman–Crippen MR) is 207 cm³/mol. The zero-order chi connectivity index (χ0) is 37.2. The minimum atomic E-state index is -0.464. The molecule has 298 valence electrons. The van der Waals surface area contributed by atoms with Crippen LogP contribution < -0.4 is 0 Å². The number of nitrogens with zero attached hydrogens (tertiary/aromatic N) is 2. The number of carbonyl (C=O) groups is 4. The van der Waals surface area contributed by atoms with E-state index in [0.29, 0.717) is 19.6 Å². The monoisotopic (exact) mass is 731 g/mol. The second-order valence-electron chi connectivity index (χ2n) is 15.5. The molecule has 3 amide bonds. The molecule has 0 spiro atoms. The van der Waals surface area contributed by atoms with Crippen LogP contribution in [0, 0.1) is 11.8 Å². The Morgan fingerprint density at radius 1 is 0.596 bits per heavy atom. The Labute approximate surface area is 316 Å². The molecule has 0 aromatic heterocycles. The number of unbranched alkanes of at least 4 members (excludes halogenated alkanes) is 21. The van der Waals surface area contributed by atoms with Crippen LogP contribution in [-0.2, 0) is 33.4 Å². The maximum atomic E-state index is 13.2. The van der Waals surface area contributed by atoms with Gasteiger partial charge >= 0.3 is 5.97 Å². The average molecular weight is 731 g/mol. The van der Waals surface area contributed by atoms with Crippen LogP contribution in [0.3, 0.4) is 0 Å². The van der Waals surface area contributed by atoms with Crippen molar-refractivity contribution in [3.63, 3.8) is 0 Å². The van der Waals surface area contributed by atoms with Crippen LogP contribution in [0.5, 0.6) is 0 Å². The molecule has 0 saturated carbocycles. The van der Waals surface area contributed by atoms with E-state index in [9.17, 15) is 19.2 Å². The van der Waals surface area contributed by atoms with Gasteiger partial charge in [0.05, 0.1) is 43.7 Å². The van der Waals surface area contributed by atoms with Crippen LogP contribution in [0.25, 0.3) is 0 Å². The van der Waals surface area contributed by atoms with Crippen molar-refractivity contribution in [2.75, 3.05) is 39.5 Å². The minimum Gasteiger partial charge on any atom is -0.463 e. The fourth-order valence-corrected chi connectivity index (χ4v) is 7.96. The quantitative estimate of drug-likeness (QED) is 0.0282. The van der Waals surface area contributed by atoms with E-state index < -0.39 is 17.8 Å². The standard InChI is InChI=1S/C43H74N2O7/c1-3-5-7-9-11-13-15-17-19-21-23-25-30-44(38(46)26-24-22-20-18-16-14-12-10-8-6-4-2)32-33-50-34-35-51-39(47)29-31-45-42(48)40-36-27-28-37(52-36)41(40)43(45)49/h27-28,36-37,40-41H,3-26,29-35H2,1-2H3. The number of fused-ring (bicyclic) bond motifs is 5. The molecule has 2 saturated heterocycles. The molecular weight excluding hydrogens is 656 g/mol. The van der Waals surface area contributed by atoms with E-state index >= 15 is 0 Å². The van der Waals surface area contributed by atoms with Gasteiger partial charge in [-0.15, -0.1) is 0 Å². The number of imide groups is 1. The maximum absolute atomic E-state index is 13.2. The lowest BCUT2D eigenvalue weighted by Crippen LogP contribution is -2.36. The van der Waals surface area contributed by atoms with Crippen LogP contribution in [0.1, 0.15) is 174 Å². The molecule has 0 aliphatic carbocycles. The summed E-state index contributed by atoms with van der Waals surface area (Å²) in [5.74, 6) is -1.67. The molecule has 0 aromatic rings. The average Bonchev–Trinajstić information content (AvgIpc) is 3.83. The molecule has 9 heteroatoms. The van der Waals surface area contributed by atoms with Crippen LogP contribution >= 0.6 is 0 Å². The Kier molecular flexibility index (Phi) is 23.2. The summed E-state index contributed by atoms with van der Waals surface area (Å²) in [6.07, 6.45) is 33.1. The summed E-state index contributed by atoms with van der Waals surface area (Å²) in [6.45, 7) is 6.60. The molecule has 4 unspecified atom stereocenters. The first-order valence-corrected chi connectivity index (χ1v) is 21.7. The Balaban J connectivity index is 1.25. The van der Waals surface area contributed by atoms with Crippen molar-refractivity contribution < 1.29 is 33.4 Å².